The molecule has 3 rings (SSSR count). The van der Waals surface area contributed by atoms with E-state index in [1.165, 1.54) is 16.7 Å². The molecule has 0 aliphatic carbocycles. The van der Waals surface area contributed by atoms with Gasteiger partial charge in [-0.3, -0.25) is 0 Å². The lowest BCUT2D eigenvalue weighted by Crippen LogP contribution is -2.13. The maximum Gasteiger partial charge on any atom is 0.159 e. The normalized spacial score (nSPS) is 12.0. The van der Waals surface area contributed by atoms with Gasteiger partial charge >= 0.3 is 0 Å². The van der Waals surface area contributed by atoms with Gasteiger partial charge < -0.3 is 9.84 Å². The molecule has 1 aromatic heterocycles. The van der Waals surface area contributed by atoms with Crippen molar-refractivity contribution in [3.05, 3.63) is 66.5 Å². The van der Waals surface area contributed by atoms with E-state index in [0.29, 0.717) is 11.6 Å². The molecule has 2 aromatic carbocycles. The van der Waals surface area contributed by atoms with Gasteiger partial charge in [-0.1, -0.05) is 61.9 Å². The summed E-state index contributed by atoms with van der Waals surface area (Å²) in [6.45, 7) is 4.10. The number of aryl methyl sites for hydroxylation is 1. The predicted molar refractivity (Wildman–Crippen MR) is 104 cm³/mol. The molecular weight excluding hydrogens is 324 g/mol. The average molecular weight is 348 g/mol. The van der Waals surface area contributed by atoms with Crippen LogP contribution in [0.3, 0.4) is 0 Å². The molecule has 4 nitrogen and oxygen atoms in total. The van der Waals surface area contributed by atoms with Crippen molar-refractivity contribution in [3.63, 3.8) is 0 Å². The molecule has 26 heavy (non-hydrogen) atoms. The molecule has 0 saturated carbocycles. The molecule has 0 bridgehead atoms. The van der Waals surface area contributed by atoms with Gasteiger partial charge in [0, 0.05) is 5.56 Å². The van der Waals surface area contributed by atoms with Crippen LogP contribution in [0.25, 0.3) is 22.5 Å². The van der Waals surface area contributed by atoms with Crippen molar-refractivity contribution in [1.82, 2.24) is 9.97 Å². The van der Waals surface area contributed by atoms with E-state index in [2.05, 4.69) is 53.3 Å². The van der Waals surface area contributed by atoms with Gasteiger partial charge in [0.05, 0.1) is 18.5 Å². The summed E-state index contributed by atoms with van der Waals surface area (Å²) >= 11 is 0. The Bertz CT molecular complexity index is 810. The van der Waals surface area contributed by atoms with E-state index in [0.717, 1.165) is 18.4 Å². The largest absolute Gasteiger partial charge is 0.488 e. The number of aliphatic hydroxyl groups is 1. The molecule has 0 unspecified atom stereocenters. The molecular formula is C22H24N2O2. The fraction of sp³-hybridized carbons (Fsp3) is 0.273. The molecule has 0 saturated heterocycles. The minimum atomic E-state index is -0.516. The van der Waals surface area contributed by atoms with Crippen LogP contribution in [-0.2, 0) is 6.42 Å². The summed E-state index contributed by atoms with van der Waals surface area (Å²) in [5, 5.41) is 9.24. The molecule has 1 N–H and O–H groups in total. The Morgan fingerprint density at radius 2 is 1.42 bits per heavy atom. The predicted octanol–water partition coefficient (Wildman–Crippen LogP) is 4.52. The number of aliphatic hydroxyl groups excluding tert-OH is 1. The lowest BCUT2D eigenvalue weighted by Gasteiger charge is -2.08. The summed E-state index contributed by atoms with van der Waals surface area (Å²) in [5.41, 5.74) is 4.71. The average Bonchev–Trinajstić information content (AvgIpc) is 2.68. The molecule has 1 atom stereocenters. The Morgan fingerprint density at radius 1 is 0.885 bits per heavy atom. The zero-order chi connectivity index (χ0) is 18.4. The quantitative estimate of drug-likeness (QED) is 0.682. The van der Waals surface area contributed by atoms with E-state index < -0.39 is 6.10 Å². The van der Waals surface area contributed by atoms with Crippen LogP contribution in [0.4, 0.5) is 0 Å². The number of hydrogen-bond acceptors (Lipinski definition) is 4. The van der Waals surface area contributed by atoms with Gasteiger partial charge in [-0.2, -0.15) is 0 Å². The fourth-order valence-electron chi connectivity index (χ4n) is 2.72. The lowest BCUT2D eigenvalue weighted by molar-refractivity contribution is 0.122. The number of aromatic nitrogens is 2. The van der Waals surface area contributed by atoms with Crippen LogP contribution in [0.5, 0.6) is 5.75 Å². The SMILES string of the molecule is CCCc1ccc(-c2ccc(-c3ncc(OC[C@H](C)O)cn3)cc2)cc1. The van der Waals surface area contributed by atoms with Crippen molar-refractivity contribution < 1.29 is 9.84 Å². The van der Waals surface area contributed by atoms with Gasteiger partial charge in [-0.25, -0.2) is 9.97 Å². The maximum atomic E-state index is 9.24. The summed E-state index contributed by atoms with van der Waals surface area (Å²) in [7, 11) is 0. The summed E-state index contributed by atoms with van der Waals surface area (Å²) < 4.78 is 5.39. The Balaban J connectivity index is 1.70. The zero-order valence-corrected chi connectivity index (χ0v) is 15.2. The summed E-state index contributed by atoms with van der Waals surface area (Å²) in [6.07, 6.45) is 5.03. The Morgan fingerprint density at radius 3 is 1.96 bits per heavy atom. The van der Waals surface area contributed by atoms with E-state index >= 15 is 0 Å². The second-order valence-corrected chi connectivity index (χ2v) is 6.43. The van der Waals surface area contributed by atoms with Crippen molar-refractivity contribution in [1.29, 1.82) is 0 Å². The van der Waals surface area contributed by atoms with Gasteiger partial charge in [0.2, 0.25) is 0 Å². The number of nitrogens with zero attached hydrogens (tertiary/aromatic N) is 2. The van der Waals surface area contributed by atoms with Gasteiger partial charge in [0.25, 0.3) is 0 Å². The van der Waals surface area contributed by atoms with Gasteiger partial charge in [0.1, 0.15) is 6.61 Å². The van der Waals surface area contributed by atoms with Gasteiger partial charge in [-0.15, -0.1) is 0 Å². The number of benzene rings is 2. The highest BCUT2D eigenvalue weighted by Gasteiger charge is 2.05. The highest BCUT2D eigenvalue weighted by Crippen LogP contribution is 2.24. The van der Waals surface area contributed by atoms with E-state index in [1.54, 1.807) is 19.3 Å². The molecule has 0 fully saturated rings. The smallest absolute Gasteiger partial charge is 0.159 e. The molecule has 0 amide bonds. The molecule has 4 heteroatoms. The summed E-state index contributed by atoms with van der Waals surface area (Å²) in [4.78, 5) is 8.69. The van der Waals surface area contributed by atoms with Crippen LogP contribution in [0, 0.1) is 0 Å². The minimum absolute atomic E-state index is 0.231. The Labute approximate surface area is 154 Å². The van der Waals surface area contributed by atoms with Gasteiger partial charge in [0.15, 0.2) is 11.6 Å². The lowest BCUT2D eigenvalue weighted by atomic mass is 10.0. The van der Waals surface area contributed by atoms with Crippen LogP contribution in [0.15, 0.2) is 60.9 Å². The van der Waals surface area contributed by atoms with Crippen LogP contribution >= 0.6 is 0 Å². The maximum absolute atomic E-state index is 9.24. The zero-order valence-electron chi connectivity index (χ0n) is 15.2. The molecule has 0 aliphatic rings. The first-order valence-electron chi connectivity index (χ1n) is 8.98. The minimum Gasteiger partial charge on any atom is -0.488 e. The monoisotopic (exact) mass is 348 g/mol. The first kappa shape index (κ1) is 18.1. The topological polar surface area (TPSA) is 55.2 Å². The van der Waals surface area contributed by atoms with Crippen molar-refractivity contribution in [3.8, 4) is 28.3 Å². The molecule has 3 aromatic rings. The van der Waals surface area contributed by atoms with Crippen LogP contribution in [0.1, 0.15) is 25.8 Å². The third kappa shape index (κ3) is 4.67. The van der Waals surface area contributed by atoms with Crippen molar-refractivity contribution >= 4 is 0 Å². The van der Waals surface area contributed by atoms with E-state index in [-0.39, 0.29) is 6.61 Å². The molecule has 0 aliphatic heterocycles. The Hall–Kier alpha value is -2.72. The second-order valence-electron chi connectivity index (χ2n) is 6.43. The third-order valence-electron chi connectivity index (χ3n) is 4.09. The Kier molecular flexibility index (Phi) is 5.97. The van der Waals surface area contributed by atoms with Crippen molar-refractivity contribution in [2.24, 2.45) is 0 Å². The first-order valence-corrected chi connectivity index (χ1v) is 8.98. The molecule has 0 radical (unpaired) electrons. The summed E-state index contributed by atoms with van der Waals surface area (Å²) in [5.74, 6) is 1.21. The fourth-order valence-corrected chi connectivity index (χ4v) is 2.72. The first-order chi connectivity index (χ1) is 12.7. The molecule has 134 valence electrons. The van der Waals surface area contributed by atoms with Gasteiger partial charge in [-0.05, 0) is 30.0 Å². The van der Waals surface area contributed by atoms with E-state index in [4.69, 9.17) is 4.74 Å². The third-order valence-corrected chi connectivity index (χ3v) is 4.09. The highest BCUT2D eigenvalue weighted by molar-refractivity contribution is 5.67. The van der Waals surface area contributed by atoms with Crippen molar-refractivity contribution in [2.75, 3.05) is 6.61 Å². The summed E-state index contributed by atoms with van der Waals surface area (Å²) in [6, 6.07) is 17.0. The van der Waals surface area contributed by atoms with E-state index in [1.807, 2.05) is 12.1 Å². The number of rotatable bonds is 7. The van der Waals surface area contributed by atoms with E-state index in [9.17, 15) is 5.11 Å². The molecule has 1 heterocycles. The van der Waals surface area contributed by atoms with Crippen molar-refractivity contribution in [2.45, 2.75) is 32.8 Å². The standard InChI is InChI=1S/C22H24N2O2/c1-3-4-17-5-7-18(8-6-17)19-9-11-20(12-10-19)22-23-13-21(14-24-22)26-15-16(2)25/h5-14,16,25H,3-4,15H2,1-2H3/t16-/m0/s1. The second kappa shape index (κ2) is 8.59. The number of ether oxygens (including phenoxy) is 1. The highest BCUT2D eigenvalue weighted by atomic mass is 16.5. The van der Waals surface area contributed by atoms with Crippen LogP contribution in [0.2, 0.25) is 0 Å². The molecule has 0 spiro atoms. The van der Waals surface area contributed by atoms with Crippen LogP contribution in [-0.4, -0.2) is 27.8 Å². The number of hydrogen-bond donors (Lipinski definition) is 1. The van der Waals surface area contributed by atoms with Crippen LogP contribution < -0.4 is 4.74 Å².